The second kappa shape index (κ2) is 8.31. The lowest BCUT2D eigenvalue weighted by atomic mass is 10.1. The highest BCUT2D eigenvalue weighted by Crippen LogP contribution is 2.21. The summed E-state index contributed by atoms with van der Waals surface area (Å²) in [5.74, 6) is 0.816. The number of aromatic nitrogens is 4. The van der Waals surface area contributed by atoms with Crippen LogP contribution < -0.4 is 10.2 Å². The first-order valence-corrected chi connectivity index (χ1v) is 10.6. The van der Waals surface area contributed by atoms with Crippen molar-refractivity contribution in [2.24, 2.45) is 0 Å². The van der Waals surface area contributed by atoms with E-state index < -0.39 is 0 Å². The molecule has 1 N–H and O–H groups in total. The number of anilines is 1. The molecule has 8 nitrogen and oxygen atoms in total. The number of piperidine rings is 1. The summed E-state index contributed by atoms with van der Waals surface area (Å²) in [6.07, 6.45) is 8.68. The van der Waals surface area contributed by atoms with Crippen molar-refractivity contribution in [3.05, 3.63) is 42.4 Å². The zero-order valence-corrected chi connectivity index (χ0v) is 16.9. The molecule has 0 spiro atoms. The van der Waals surface area contributed by atoms with E-state index in [1.165, 1.54) is 6.42 Å². The molecule has 0 atom stereocenters. The molecule has 1 aromatic carbocycles. The predicted octanol–water partition coefficient (Wildman–Crippen LogP) is 2.12. The number of hydrogen-bond donors (Lipinski definition) is 1. The SMILES string of the molecule is O=C(c1ccc2ncc(-c3cnc(N4CCNCC4)nc3)nc2c1)N1CCCCC1. The van der Waals surface area contributed by atoms with Gasteiger partial charge in [0.05, 0.1) is 22.9 Å². The maximum absolute atomic E-state index is 12.8. The molecule has 8 heteroatoms. The third kappa shape index (κ3) is 3.82. The van der Waals surface area contributed by atoms with Crippen LogP contribution in [0.25, 0.3) is 22.3 Å². The van der Waals surface area contributed by atoms with E-state index in [0.717, 1.165) is 69.1 Å². The van der Waals surface area contributed by atoms with Crippen molar-refractivity contribution in [2.45, 2.75) is 19.3 Å². The summed E-state index contributed by atoms with van der Waals surface area (Å²) < 4.78 is 0. The van der Waals surface area contributed by atoms with Gasteiger partial charge in [-0.3, -0.25) is 9.78 Å². The lowest BCUT2D eigenvalue weighted by molar-refractivity contribution is 0.0724. The number of rotatable bonds is 3. The Labute approximate surface area is 175 Å². The van der Waals surface area contributed by atoms with Crippen molar-refractivity contribution in [3.63, 3.8) is 0 Å². The van der Waals surface area contributed by atoms with E-state index in [-0.39, 0.29) is 5.91 Å². The summed E-state index contributed by atoms with van der Waals surface area (Å²) in [7, 11) is 0. The van der Waals surface area contributed by atoms with Crippen LogP contribution in [-0.2, 0) is 0 Å². The third-order valence-corrected chi connectivity index (χ3v) is 5.77. The van der Waals surface area contributed by atoms with Gasteiger partial charge in [-0.25, -0.2) is 15.0 Å². The maximum atomic E-state index is 12.8. The number of carbonyl (C=O) groups excluding carboxylic acids is 1. The molecule has 0 aliphatic carbocycles. The normalized spacial score (nSPS) is 17.3. The number of carbonyl (C=O) groups is 1. The lowest BCUT2D eigenvalue weighted by Gasteiger charge is -2.27. The number of benzene rings is 1. The molecule has 4 heterocycles. The van der Waals surface area contributed by atoms with E-state index >= 15 is 0 Å². The molecule has 0 unspecified atom stereocenters. The van der Waals surface area contributed by atoms with Crippen molar-refractivity contribution in [2.75, 3.05) is 44.2 Å². The smallest absolute Gasteiger partial charge is 0.253 e. The van der Waals surface area contributed by atoms with Gasteiger partial charge in [0, 0.05) is 62.8 Å². The summed E-state index contributed by atoms with van der Waals surface area (Å²) in [6.45, 7) is 5.37. The van der Waals surface area contributed by atoms with Crippen molar-refractivity contribution in [1.82, 2.24) is 30.2 Å². The monoisotopic (exact) mass is 403 g/mol. The van der Waals surface area contributed by atoms with Gasteiger partial charge < -0.3 is 15.1 Å². The van der Waals surface area contributed by atoms with E-state index in [4.69, 9.17) is 4.98 Å². The van der Waals surface area contributed by atoms with Gasteiger partial charge in [-0.1, -0.05) is 0 Å². The van der Waals surface area contributed by atoms with Gasteiger partial charge in [0.2, 0.25) is 5.95 Å². The first-order chi connectivity index (χ1) is 14.8. The molecule has 0 saturated carbocycles. The molecular formula is C22H25N7O. The second-order valence-electron chi connectivity index (χ2n) is 7.82. The van der Waals surface area contributed by atoms with Crippen LogP contribution >= 0.6 is 0 Å². The molecule has 2 aliphatic rings. The molecule has 2 fully saturated rings. The number of likely N-dealkylation sites (tertiary alicyclic amines) is 1. The molecule has 5 rings (SSSR count). The number of piperazine rings is 1. The van der Waals surface area contributed by atoms with Crippen molar-refractivity contribution in [3.8, 4) is 11.3 Å². The average molecular weight is 403 g/mol. The lowest BCUT2D eigenvalue weighted by Crippen LogP contribution is -2.44. The number of amides is 1. The van der Waals surface area contributed by atoms with Gasteiger partial charge >= 0.3 is 0 Å². The van der Waals surface area contributed by atoms with Crippen LogP contribution in [0.4, 0.5) is 5.95 Å². The standard InChI is InChI=1S/C22H25N7O/c30-21(28-8-2-1-3-9-28)16-4-5-18-19(12-16)27-20(15-24-18)17-13-25-22(26-14-17)29-10-6-23-7-11-29/h4-5,12-15,23H,1-3,6-11H2. The summed E-state index contributed by atoms with van der Waals surface area (Å²) in [5, 5.41) is 3.33. The van der Waals surface area contributed by atoms with E-state index in [1.807, 2.05) is 23.1 Å². The molecular weight excluding hydrogens is 378 g/mol. The quantitative estimate of drug-likeness (QED) is 0.717. The Morgan fingerprint density at radius 3 is 2.40 bits per heavy atom. The second-order valence-corrected chi connectivity index (χ2v) is 7.82. The van der Waals surface area contributed by atoms with Crippen LogP contribution in [-0.4, -0.2) is 70.0 Å². The van der Waals surface area contributed by atoms with Crippen molar-refractivity contribution in [1.29, 1.82) is 0 Å². The third-order valence-electron chi connectivity index (χ3n) is 5.77. The fraction of sp³-hybridized carbons (Fsp3) is 0.409. The first-order valence-electron chi connectivity index (χ1n) is 10.6. The van der Waals surface area contributed by atoms with Gasteiger partial charge in [-0.15, -0.1) is 0 Å². The van der Waals surface area contributed by atoms with E-state index in [1.54, 1.807) is 18.6 Å². The Bertz CT molecular complexity index is 1040. The number of fused-ring (bicyclic) bond motifs is 1. The summed E-state index contributed by atoms with van der Waals surface area (Å²) in [5.41, 5.74) is 3.67. The molecule has 3 aromatic rings. The fourth-order valence-corrected chi connectivity index (χ4v) is 4.04. The number of nitrogens with zero attached hydrogens (tertiary/aromatic N) is 6. The van der Waals surface area contributed by atoms with Gasteiger partial charge in [0.1, 0.15) is 0 Å². The number of hydrogen-bond acceptors (Lipinski definition) is 7. The molecule has 2 aromatic heterocycles. The van der Waals surface area contributed by atoms with E-state index in [9.17, 15) is 4.79 Å². The zero-order valence-electron chi connectivity index (χ0n) is 16.9. The Hall–Kier alpha value is -3.13. The molecule has 0 radical (unpaired) electrons. The summed E-state index contributed by atoms with van der Waals surface area (Å²) in [6, 6.07) is 5.56. The molecule has 0 bridgehead atoms. The Kier molecular flexibility index (Phi) is 5.23. The maximum Gasteiger partial charge on any atom is 0.253 e. The van der Waals surface area contributed by atoms with Crippen LogP contribution in [0.5, 0.6) is 0 Å². The summed E-state index contributed by atoms with van der Waals surface area (Å²) >= 11 is 0. The average Bonchev–Trinajstić information content (AvgIpc) is 2.84. The van der Waals surface area contributed by atoms with Crippen molar-refractivity contribution < 1.29 is 4.79 Å². The largest absolute Gasteiger partial charge is 0.339 e. The topological polar surface area (TPSA) is 87.1 Å². The Morgan fingerprint density at radius 2 is 1.63 bits per heavy atom. The Balaban J connectivity index is 1.40. The Morgan fingerprint density at radius 1 is 0.867 bits per heavy atom. The van der Waals surface area contributed by atoms with Crippen LogP contribution in [0.15, 0.2) is 36.8 Å². The summed E-state index contributed by atoms with van der Waals surface area (Å²) in [4.78, 5) is 35.2. The van der Waals surface area contributed by atoms with Gasteiger partial charge in [-0.05, 0) is 37.5 Å². The van der Waals surface area contributed by atoms with Crippen LogP contribution in [0.1, 0.15) is 29.6 Å². The zero-order chi connectivity index (χ0) is 20.3. The van der Waals surface area contributed by atoms with Gasteiger partial charge in [0.25, 0.3) is 5.91 Å². The highest BCUT2D eigenvalue weighted by molar-refractivity contribution is 5.97. The van der Waals surface area contributed by atoms with Gasteiger partial charge in [-0.2, -0.15) is 0 Å². The fourth-order valence-electron chi connectivity index (χ4n) is 4.04. The minimum Gasteiger partial charge on any atom is -0.339 e. The number of nitrogens with one attached hydrogen (secondary N) is 1. The highest BCUT2D eigenvalue weighted by atomic mass is 16.2. The predicted molar refractivity (Wildman–Crippen MR) is 115 cm³/mol. The highest BCUT2D eigenvalue weighted by Gasteiger charge is 2.19. The first kappa shape index (κ1) is 18.9. The van der Waals surface area contributed by atoms with Crippen LogP contribution in [0, 0.1) is 0 Å². The molecule has 1 amide bonds. The molecule has 154 valence electrons. The minimum absolute atomic E-state index is 0.0764. The minimum atomic E-state index is 0.0764. The van der Waals surface area contributed by atoms with Gasteiger partial charge in [0.15, 0.2) is 0 Å². The molecule has 2 aliphatic heterocycles. The van der Waals surface area contributed by atoms with E-state index in [2.05, 4.69) is 25.2 Å². The van der Waals surface area contributed by atoms with E-state index in [0.29, 0.717) is 16.8 Å². The van der Waals surface area contributed by atoms with Crippen LogP contribution in [0.3, 0.4) is 0 Å². The van der Waals surface area contributed by atoms with Crippen LogP contribution in [0.2, 0.25) is 0 Å². The molecule has 2 saturated heterocycles. The molecule has 30 heavy (non-hydrogen) atoms. The van der Waals surface area contributed by atoms with Crippen molar-refractivity contribution >= 4 is 22.9 Å².